The van der Waals surface area contributed by atoms with Crippen molar-refractivity contribution < 1.29 is 9.53 Å². The van der Waals surface area contributed by atoms with E-state index in [4.69, 9.17) is 10.5 Å². The Balaban J connectivity index is 2.39. The predicted octanol–water partition coefficient (Wildman–Crippen LogP) is 1.73. The smallest absolute Gasteiger partial charge is 0.226 e. The Bertz CT molecular complexity index is 399. The Morgan fingerprint density at radius 2 is 1.95 bits per heavy atom. The number of ether oxygens (including phenoxy) is 1. The van der Waals surface area contributed by atoms with Crippen LogP contribution in [0, 0.1) is 5.41 Å². The van der Waals surface area contributed by atoms with Gasteiger partial charge in [-0.2, -0.15) is 0 Å². The van der Waals surface area contributed by atoms with Gasteiger partial charge in [-0.1, -0.05) is 12.1 Å². The van der Waals surface area contributed by atoms with E-state index in [-0.39, 0.29) is 5.91 Å². The van der Waals surface area contributed by atoms with Gasteiger partial charge in [-0.25, -0.2) is 0 Å². The molecule has 4 heteroatoms. The minimum absolute atomic E-state index is 0.000867. The lowest BCUT2D eigenvalue weighted by molar-refractivity contribution is -0.128. The molecule has 1 aromatic rings. The van der Waals surface area contributed by atoms with Gasteiger partial charge in [-0.05, 0) is 44.9 Å². The summed E-state index contributed by atoms with van der Waals surface area (Å²) in [6.45, 7) is 7.29. The van der Waals surface area contributed by atoms with Gasteiger partial charge in [-0.15, -0.1) is 0 Å². The second-order valence-electron chi connectivity index (χ2n) is 5.17. The standard InChI is InChI=1S/C15H24N2O2/c1-4-19-13-7-5-12(6-8-13)9-10-17-14(18)15(2,3)11-16/h5-8H,4,9-11,16H2,1-3H3,(H,17,18). The van der Waals surface area contributed by atoms with Crippen LogP contribution >= 0.6 is 0 Å². The van der Waals surface area contributed by atoms with Gasteiger partial charge in [0, 0.05) is 13.1 Å². The summed E-state index contributed by atoms with van der Waals surface area (Å²) in [6.07, 6.45) is 0.804. The first-order chi connectivity index (χ1) is 8.99. The van der Waals surface area contributed by atoms with Crippen molar-refractivity contribution in [3.63, 3.8) is 0 Å². The molecule has 0 spiro atoms. The van der Waals surface area contributed by atoms with Crippen molar-refractivity contribution in [3.8, 4) is 5.75 Å². The van der Waals surface area contributed by atoms with Gasteiger partial charge < -0.3 is 15.8 Å². The number of carbonyl (C=O) groups excluding carboxylic acids is 1. The van der Waals surface area contributed by atoms with E-state index in [1.807, 2.05) is 45.0 Å². The maximum absolute atomic E-state index is 11.8. The normalized spacial score (nSPS) is 11.2. The maximum atomic E-state index is 11.8. The van der Waals surface area contributed by atoms with Crippen LogP contribution in [0.4, 0.5) is 0 Å². The molecule has 0 aliphatic rings. The number of rotatable bonds is 7. The number of hydrogen-bond acceptors (Lipinski definition) is 3. The number of nitrogens with two attached hydrogens (primary N) is 1. The molecule has 0 fully saturated rings. The van der Waals surface area contributed by atoms with Crippen molar-refractivity contribution in [2.45, 2.75) is 27.2 Å². The van der Waals surface area contributed by atoms with Crippen molar-refractivity contribution in [2.24, 2.45) is 11.1 Å². The highest BCUT2D eigenvalue weighted by Gasteiger charge is 2.24. The van der Waals surface area contributed by atoms with E-state index in [9.17, 15) is 4.79 Å². The Kier molecular flexibility index (Phi) is 5.83. The van der Waals surface area contributed by atoms with Gasteiger partial charge in [0.1, 0.15) is 5.75 Å². The Hall–Kier alpha value is -1.55. The zero-order valence-electron chi connectivity index (χ0n) is 12.0. The topological polar surface area (TPSA) is 64.3 Å². The van der Waals surface area contributed by atoms with Crippen LogP contribution in [0.2, 0.25) is 0 Å². The first-order valence-corrected chi connectivity index (χ1v) is 6.69. The second kappa shape index (κ2) is 7.14. The number of hydrogen-bond donors (Lipinski definition) is 2. The number of amides is 1. The number of carbonyl (C=O) groups is 1. The molecule has 19 heavy (non-hydrogen) atoms. The van der Waals surface area contributed by atoms with E-state index in [0.29, 0.717) is 19.7 Å². The van der Waals surface area contributed by atoms with Gasteiger partial charge >= 0.3 is 0 Å². The third kappa shape index (κ3) is 4.91. The zero-order valence-corrected chi connectivity index (χ0v) is 12.0. The minimum Gasteiger partial charge on any atom is -0.494 e. The van der Waals surface area contributed by atoms with E-state index in [1.165, 1.54) is 5.56 Å². The highest BCUT2D eigenvalue weighted by Crippen LogP contribution is 2.13. The highest BCUT2D eigenvalue weighted by molar-refractivity contribution is 5.82. The highest BCUT2D eigenvalue weighted by atomic mass is 16.5. The van der Waals surface area contributed by atoms with Crippen molar-refractivity contribution in [2.75, 3.05) is 19.7 Å². The molecule has 0 heterocycles. The molecule has 0 atom stereocenters. The lowest BCUT2D eigenvalue weighted by Gasteiger charge is -2.21. The molecule has 0 aromatic heterocycles. The molecule has 0 bridgehead atoms. The average Bonchev–Trinajstić information content (AvgIpc) is 2.41. The molecule has 1 amide bonds. The fourth-order valence-corrected chi connectivity index (χ4v) is 1.57. The molecular formula is C15H24N2O2. The summed E-state index contributed by atoms with van der Waals surface area (Å²) >= 11 is 0. The van der Waals surface area contributed by atoms with E-state index in [0.717, 1.165) is 12.2 Å². The molecule has 3 N–H and O–H groups in total. The first-order valence-electron chi connectivity index (χ1n) is 6.69. The lowest BCUT2D eigenvalue weighted by atomic mass is 9.92. The Morgan fingerprint density at radius 1 is 1.32 bits per heavy atom. The molecule has 0 unspecified atom stereocenters. The average molecular weight is 264 g/mol. The van der Waals surface area contributed by atoms with Crippen LogP contribution in [0.1, 0.15) is 26.3 Å². The summed E-state index contributed by atoms with van der Waals surface area (Å²) in [5, 5.41) is 2.91. The van der Waals surface area contributed by atoms with Gasteiger partial charge in [0.05, 0.1) is 12.0 Å². The third-order valence-corrected chi connectivity index (χ3v) is 3.06. The van der Waals surface area contributed by atoms with E-state index in [2.05, 4.69) is 5.32 Å². The van der Waals surface area contributed by atoms with Crippen molar-refractivity contribution in [1.29, 1.82) is 0 Å². The molecule has 0 aliphatic carbocycles. The molecule has 0 saturated carbocycles. The van der Waals surface area contributed by atoms with Crippen molar-refractivity contribution in [3.05, 3.63) is 29.8 Å². The third-order valence-electron chi connectivity index (χ3n) is 3.06. The van der Waals surface area contributed by atoms with Crippen LogP contribution in [-0.2, 0) is 11.2 Å². The summed E-state index contributed by atoms with van der Waals surface area (Å²) in [5.74, 6) is 0.875. The van der Waals surface area contributed by atoms with Crippen LogP contribution in [0.5, 0.6) is 5.75 Å². The maximum Gasteiger partial charge on any atom is 0.226 e. The predicted molar refractivity (Wildman–Crippen MR) is 77.2 cm³/mol. The van der Waals surface area contributed by atoms with Crippen LogP contribution < -0.4 is 15.8 Å². The van der Waals surface area contributed by atoms with Crippen LogP contribution in [-0.4, -0.2) is 25.6 Å². The summed E-state index contributed by atoms with van der Waals surface area (Å²) < 4.78 is 5.38. The molecule has 1 rings (SSSR count). The van der Waals surface area contributed by atoms with E-state index >= 15 is 0 Å². The zero-order chi connectivity index (χ0) is 14.3. The monoisotopic (exact) mass is 264 g/mol. The lowest BCUT2D eigenvalue weighted by Crippen LogP contribution is -2.42. The SMILES string of the molecule is CCOc1ccc(CCNC(=O)C(C)(C)CN)cc1. The second-order valence-corrected chi connectivity index (χ2v) is 5.17. The van der Waals surface area contributed by atoms with Crippen molar-refractivity contribution >= 4 is 5.91 Å². The first kappa shape index (κ1) is 15.5. The summed E-state index contributed by atoms with van der Waals surface area (Å²) in [5.41, 5.74) is 6.23. The molecule has 4 nitrogen and oxygen atoms in total. The van der Waals surface area contributed by atoms with Crippen LogP contribution in [0.25, 0.3) is 0 Å². The van der Waals surface area contributed by atoms with E-state index in [1.54, 1.807) is 0 Å². The molecular weight excluding hydrogens is 240 g/mol. The molecule has 0 aliphatic heterocycles. The Morgan fingerprint density at radius 3 is 2.47 bits per heavy atom. The fourth-order valence-electron chi connectivity index (χ4n) is 1.57. The van der Waals surface area contributed by atoms with Gasteiger partial charge in [0.2, 0.25) is 5.91 Å². The molecule has 106 valence electrons. The fraction of sp³-hybridized carbons (Fsp3) is 0.533. The quantitative estimate of drug-likeness (QED) is 0.788. The summed E-state index contributed by atoms with van der Waals surface area (Å²) in [4.78, 5) is 11.8. The molecule has 0 saturated heterocycles. The van der Waals surface area contributed by atoms with Gasteiger partial charge in [0.15, 0.2) is 0 Å². The van der Waals surface area contributed by atoms with Gasteiger partial charge in [0.25, 0.3) is 0 Å². The van der Waals surface area contributed by atoms with Crippen molar-refractivity contribution in [1.82, 2.24) is 5.32 Å². The minimum atomic E-state index is -0.501. The molecule has 0 radical (unpaired) electrons. The van der Waals surface area contributed by atoms with Crippen LogP contribution in [0.3, 0.4) is 0 Å². The summed E-state index contributed by atoms with van der Waals surface area (Å²) in [6, 6.07) is 7.94. The Labute approximate surface area is 115 Å². The summed E-state index contributed by atoms with van der Waals surface area (Å²) in [7, 11) is 0. The van der Waals surface area contributed by atoms with Crippen LogP contribution in [0.15, 0.2) is 24.3 Å². The molecule has 1 aromatic carbocycles. The van der Waals surface area contributed by atoms with E-state index < -0.39 is 5.41 Å². The number of nitrogens with one attached hydrogen (secondary N) is 1. The largest absolute Gasteiger partial charge is 0.494 e. The number of benzene rings is 1. The van der Waals surface area contributed by atoms with Gasteiger partial charge in [-0.3, -0.25) is 4.79 Å².